The second kappa shape index (κ2) is 16.9. The van der Waals surface area contributed by atoms with Gasteiger partial charge >= 0.3 is 6.09 Å². The molecule has 50 heavy (non-hydrogen) atoms. The minimum Gasteiger partial charge on any atom is -0.497 e. The van der Waals surface area contributed by atoms with Crippen LogP contribution in [0.25, 0.3) is 0 Å². The minimum absolute atomic E-state index is 0.0395. The van der Waals surface area contributed by atoms with Gasteiger partial charge in [0.25, 0.3) is 0 Å². The number of aromatic nitrogens is 1. The number of nitrogens with one attached hydrogen (secondary N) is 3. The zero-order valence-corrected chi connectivity index (χ0v) is 29.8. The van der Waals surface area contributed by atoms with Crippen LogP contribution in [0.15, 0.2) is 65.8 Å². The van der Waals surface area contributed by atoms with Crippen LogP contribution in [-0.4, -0.2) is 88.4 Å². The normalized spacial score (nSPS) is 20.0. The predicted octanol–water partition coefficient (Wildman–Crippen LogP) is 4.74. The summed E-state index contributed by atoms with van der Waals surface area (Å²) in [5.41, 5.74) is 1.07. The largest absolute Gasteiger partial charge is 0.497 e. The molecule has 3 heterocycles. The van der Waals surface area contributed by atoms with Crippen molar-refractivity contribution in [2.75, 3.05) is 45.8 Å². The van der Waals surface area contributed by atoms with Crippen molar-refractivity contribution in [1.82, 2.24) is 19.9 Å². The van der Waals surface area contributed by atoms with Crippen LogP contribution in [-0.2, 0) is 30.7 Å². The van der Waals surface area contributed by atoms with E-state index in [1.807, 2.05) is 19.1 Å². The van der Waals surface area contributed by atoms with Crippen molar-refractivity contribution in [2.24, 2.45) is 5.92 Å². The Hall–Kier alpha value is -3.82. The molecule has 1 aromatic heterocycles. The van der Waals surface area contributed by atoms with Crippen molar-refractivity contribution in [3.8, 4) is 5.75 Å². The van der Waals surface area contributed by atoms with Crippen molar-refractivity contribution in [3.63, 3.8) is 0 Å². The van der Waals surface area contributed by atoms with Gasteiger partial charge in [0, 0.05) is 54.9 Å². The third-order valence-electron chi connectivity index (χ3n) is 9.37. The molecule has 4 atom stereocenters. The van der Waals surface area contributed by atoms with Gasteiger partial charge in [0.05, 0.1) is 37.2 Å². The molecule has 15 heteroatoms. The Morgan fingerprint density at radius 2 is 1.78 bits per heavy atom. The van der Waals surface area contributed by atoms with Gasteiger partial charge in [-0.15, -0.1) is 0 Å². The first kappa shape index (κ1) is 37.4. The lowest BCUT2D eigenvalue weighted by Crippen LogP contribution is -2.58. The lowest BCUT2D eigenvalue weighted by Gasteiger charge is -2.40. The maximum absolute atomic E-state index is 15.5. The lowest BCUT2D eigenvalue weighted by atomic mass is 9.76. The molecular weight excluding hydrogens is 689 g/mol. The monoisotopic (exact) mass is 731 g/mol. The Morgan fingerprint density at radius 1 is 1.08 bits per heavy atom. The van der Waals surface area contributed by atoms with Gasteiger partial charge in [-0.2, -0.15) is 4.31 Å². The Kier molecular flexibility index (Phi) is 12.7. The minimum atomic E-state index is -3.91. The smallest absolute Gasteiger partial charge is 0.407 e. The van der Waals surface area contributed by atoms with Crippen molar-refractivity contribution < 1.29 is 36.6 Å². The molecule has 5 rings (SSSR count). The Morgan fingerprint density at radius 3 is 2.44 bits per heavy atom. The summed E-state index contributed by atoms with van der Waals surface area (Å²) in [6.45, 7) is 3.63. The van der Waals surface area contributed by atoms with Crippen LogP contribution in [0.3, 0.4) is 0 Å². The van der Waals surface area contributed by atoms with Crippen LogP contribution in [0.2, 0.25) is 5.02 Å². The molecule has 2 saturated heterocycles. The van der Waals surface area contributed by atoms with E-state index in [0.29, 0.717) is 49.9 Å². The van der Waals surface area contributed by atoms with Gasteiger partial charge in [-0.25, -0.2) is 17.6 Å². The third kappa shape index (κ3) is 8.72. The summed E-state index contributed by atoms with van der Waals surface area (Å²) in [4.78, 5) is 30.9. The highest BCUT2D eigenvalue weighted by Crippen LogP contribution is 2.37. The van der Waals surface area contributed by atoms with Crippen molar-refractivity contribution in [2.45, 2.75) is 61.5 Å². The SMILES string of the molecule is COC(=O)N[C@H](C(=O)Nc1cncc(F)c1CC[C@H]1CNC[C@H](C)N1S(=O)(=O)c1ccc(OC)cc1)C(c1ccc(Cl)cc1)C1CCOCC1. The maximum atomic E-state index is 15.5. The van der Waals surface area contributed by atoms with Crippen molar-refractivity contribution in [3.05, 3.63) is 82.9 Å². The highest BCUT2D eigenvalue weighted by molar-refractivity contribution is 7.89. The molecule has 3 N–H and O–H groups in total. The summed E-state index contributed by atoms with van der Waals surface area (Å²) >= 11 is 6.18. The van der Waals surface area contributed by atoms with Crippen LogP contribution >= 0.6 is 11.6 Å². The molecule has 3 aromatic rings. The number of amides is 2. The summed E-state index contributed by atoms with van der Waals surface area (Å²) in [7, 11) is -1.19. The standard InChI is InChI=1S/C35H43ClFN5O7S/c1-22-18-38-19-26(42(22)50(45,46)28-11-9-27(47-2)10-12-28)8-13-29-30(37)20-39-21-31(29)40-34(43)33(41-35(44)48-3)32(24-14-16-49-17-15-24)23-4-6-25(36)7-5-23/h4-7,9-12,20-22,24,26,32-33,38H,8,13-19H2,1-3H3,(H,40,43)(H,41,44)/t22-,26-,32?,33-/m0/s1. The van der Waals surface area contributed by atoms with E-state index in [1.165, 1.54) is 36.9 Å². The second-order valence-electron chi connectivity index (χ2n) is 12.5. The van der Waals surface area contributed by atoms with E-state index in [4.69, 9.17) is 25.8 Å². The molecule has 2 fully saturated rings. The predicted molar refractivity (Wildman–Crippen MR) is 186 cm³/mol. The van der Waals surface area contributed by atoms with Crippen molar-refractivity contribution in [1.29, 1.82) is 0 Å². The third-order valence-corrected chi connectivity index (χ3v) is 11.7. The molecule has 0 bridgehead atoms. The van der Waals surface area contributed by atoms with Gasteiger partial charge in [-0.05, 0) is 80.5 Å². The van der Waals surface area contributed by atoms with Gasteiger partial charge in [0.2, 0.25) is 15.9 Å². The zero-order valence-electron chi connectivity index (χ0n) is 28.2. The lowest BCUT2D eigenvalue weighted by molar-refractivity contribution is -0.119. The molecule has 2 aromatic carbocycles. The topological polar surface area (TPSA) is 148 Å². The summed E-state index contributed by atoms with van der Waals surface area (Å²) in [5.74, 6) is -1.24. The highest BCUT2D eigenvalue weighted by atomic mass is 35.5. The number of carbonyl (C=O) groups is 2. The Labute approximate surface area is 297 Å². The molecule has 0 saturated carbocycles. The number of nitrogens with zero attached hydrogens (tertiary/aromatic N) is 2. The van der Waals surface area contributed by atoms with Crippen LogP contribution in [0, 0.1) is 11.7 Å². The van der Waals surface area contributed by atoms with E-state index >= 15 is 4.39 Å². The van der Waals surface area contributed by atoms with E-state index in [-0.39, 0.29) is 40.9 Å². The van der Waals surface area contributed by atoms with Crippen LogP contribution in [0.1, 0.15) is 43.2 Å². The summed E-state index contributed by atoms with van der Waals surface area (Å²) < 4.78 is 60.4. The first-order chi connectivity index (χ1) is 24.0. The number of methoxy groups -OCH3 is 2. The van der Waals surface area contributed by atoms with Crippen molar-refractivity contribution >= 4 is 39.3 Å². The number of pyridine rings is 1. The number of ether oxygens (including phenoxy) is 3. The van der Waals surface area contributed by atoms with Crippen LogP contribution in [0.5, 0.6) is 5.75 Å². The maximum Gasteiger partial charge on any atom is 0.407 e. The summed E-state index contributed by atoms with van der Waals surface area (Å²) in [6, 6.07) is 11.3. The number of alkyl carbamates (subject to hydrolysis) is 1. The number of carbonyl (C=O) groups excluding carboxylic acids is 2. The fourth-order valence-corrected chi connectivity index (χ4v) is 8.85. The molecule has 0 aliphatic carbocycles. The molecule has 0 spiro atoms. The first-order valence-corrected chi connectivity index (χ1v) is 18.3. The van der Waals surface area contributed by atoms with Gasteiger partial charge in [0.1, 0.15) is 17.6 Å². The zero-order chi connectivity index (χ0) is 35.8. The quantitative estimate of drug-likeness (QED) is 0.240. The number of anilines is 1. The second-order valence-corrected chi connectivity index (χ2v) is 14.8. The van der Waals surface area contributed by atoms with Gasteiger partial charge in [0.15, 0.2) is 0 Å². The highest BCUT2D eigenvalue weighted by Gasteiger charge is 2.40. The number of halogens is 2. The molecule has 12 nitrogen and oxygen atoms in total. The van der Waals surface area contributed by atoms with Gasteiger partial charge in [-0.3, -0.25) is 9.78 Å². The van der Waals surface area contributed by atoms with E-state index in [2.05, 4.69) is 20.9 Å². The average Bonchev–Trinajstić information content (AvgIpc) is 3.12. The average molecular weight is 732 g/mol. The van der Waals surface area contributed by atoms with Gasteiger partial charge < -0.3 is 30.2 Å². The molecular formula is C35H43ClFN5O7S. The van der Waals surface area contributed by atoms with E-state index in [0.717, 1.165) is 11.8 Å². The molecule has 0 radical (unpaired) electrons. The van der Waals surface area contributed by atoms with Crippen LogP contribution < -0.4 is 20.7 Å². The number of benzene rings is 2. The molecule has 2 aliphatic rings. The van der Waals surface area contributed by atoms with E-state index in [9.17, 15) is 18.0 Å². The molecule has 270 valence electrons. The number of piperazine rings is 1. The number of hydrogen-bond acceptors (Lipinski definition) is 9. The van der Waals surface area contributed by atoms with Crippen LogP contribution in [0.4, 0.5) is 14.9 Å². The Bertz CT molecular complexity index is 1730. The molecule has 2 aliphatic heterocycles. The summed E-state index contributed by atoms with van der Waals surface area (Å²) in [5, 5.41) is 9.35. The fraction of sp³-hybridized carbons (Fsp3) is 0.457. The fourth-order valence-electron chi connectivity index (χ4n) is 6.88. The van der Waals surface area contributed by atoms with Gasteiger partial charge in [-0.1, -0.05) is 23.7 Å². The van der Waals surface area contributed by atoms with E-state index < -0.39 is 45.8 Å². The molecule has 2 amide bonds. The number of rotatable bonds is 12. The number of hydrogen-bond donors (Lipinski definition) is 3. The number of sulfonamides is 1. The summed E-state index contributed by atoms with van der Waals surface area (Å²) in [6.07, 6.45) is 3.24. The first-order valence-electron chi connectivity index (χ1n) is 16.5. The van der Waals surface area contributed by atoms with E-state index in [1.54, 1.807) is 24.3 Å². The Balaban J connectivity index is 1.41. The molecule has 1 unspecified atom stereocenters.